The van der Waals surface area contributed by atoms with Gasteiger partial charge in [0.05, 0.1) is 6.10 Å². The van der Waals surface area contributed by atoms with Crippen LogP contribution in [0.1, 0.15) is 46.5 Å². The van der Waals surface area contributed by atoms with Crippen LogP contribution in [0.5, 0.6) is 0 Å². The van der Waals surface area contributed by atoms with Gasteiger partial charge in [-0.15, -0.1) is 0 Å². The summed E-state index contributed by atoms with van der Waals surface area (Å²) < 4.78 is 10.4. The Morgan fingerprint density at radius 2 is 1.93 bits per heavy atom. The summed E-state index contributed by atoms with van der Waals surface area (Å²) in [5.41, 5.74) is 0. The first-order chi connectivity index (χ1) is 6.49. The summed E-state index contributed by atoms with van der Waals surface area (Å²) in [4.78, 5) is 0. The summed E-state index contributed by atoms with van der Waals surface area (Å²) in [6, 6.07) is 0. The number of hydrogen-bond donors (Lipinski definition) is 1. The quantitative estimate of drug-likeness (QED) is 0.487. The molecule has 1 N–H and O–H groups in total. The molecule has 3 heteroatoms. The highest BCUT2D eigenvalue weighted by molar-refractivity contribution is 4.55. The van der Waals surface area contributed by atoms with Crippen LogP contribution in [0.4, 0.5) is 0 Å². The second-order valence-electron chi connectivity index (χ2n) is 4.06. The molecule has 0 amide bonds. The molecule has 0 fully saturated rings. The van der Waals surface area contributed by atoms with Crippen LogP contribution in [0, 0.1) is 0 Å². The molecule has 0 aliphatic rings. The molecule has 3 nitrogen and oxygen atoms in total. The Bertz CT molecular complexity index is 125. The van der Waals surface area contributed by atoms with Crippen molar-refractivity contribution in [3.8, 4) is 0 Å². The second kappa shape index (κ2) is 7.21. The van der Waals surface area contributed by atoms with E-state index in [0.717, 1.165) is 25.7 Å². The molecule has 0 aromatic carbocycles. The Morgan fingerprint density at radius 3 is 2.36 bits per heavy atom. The Kier molecular flexibility index (Phi) is 7.15. The van der Waals surface area contributed by atoms with Gasteiger partial charge < -0.3 is 14.6 Å². The van der Waals surface area contributed by atoms with Crippen molar-refractivity contribution in [2.75, 3.05) is 13.7 Å². The predicted molar refractivity (Wildman–Crippen MR) is 57.2 cm³/mol. The molecule has 0 saturated heterocycles. The molecule has 1 atom stereocenters. The van der Waals surface area contributed by atoms with Gasteiger partial charge >= 0.3 is 0 Å². The van der Waals surface area contributed by atoms with E-state index in [0.29, 0.717) is 12.7 Å². The number of ether oxygens (including phenoxy) is 2. The summed E-state index contributed by atoms with van der Waals surface area (Å²) in [7, 11) is 1.75. The summed E-state index contributed by atoms with van der Waals surface area (Å²) in [5, 5.41) is 9.27. The van der Waals surface area contributed by atoms with Crippen LogP contribution < -0.4 is 0 Å². The third-order valence-electron chi connectivity index (χ3n) is 2.16. The second-order valence-corrected chi connectivity index (χ2v) is 4.06. The molecule has 86 valence electrons. The zero-order chi connectivity index (χ0) is 11.0. The summed E-state index contributed by atoms with van der Waals surface area (Å²) in [6.45, 7) is 6.04. The molecular formula is C11H24O3. The van der Waals surface area contributed by atoms with E-state index in [2.05, 4.69) is 6.92 Å². The molecule has 0 spiro atoms. The molecule has 14 heavy (non-hydrogen) atoms. The van der Waals surface area contributed by atoms with Crippen molar-refractivity contribution in [3.63, 3.8) is 0 Å². The van der Waals surface area contributed by atoms with Gasteiger partial charge in [0.2, 0.25) is 0 Å². The minimum atomic E-state index is -0.995. The third kappa shape index (κ3) is 8.48. The first kappa shape index (κ1) is 13.9. The highest BCUT2D eigenvalue weighted by atomic mass is 16.6. The van der Waals surface area contributed by atoms with E-state index < -0.39 is 5.79 Å². The first-order valence-corrected chi connectivity index (χ1v) is 5.38. The molecule has 0 aliphatic carbocycles. The molecular weight excluding hydrogens is 180 g/mol. The number of rotatable bonds is 8. The summed E-state index contributed by atoms with van der Waals surface area (Å²) >= 11 is 0. The maximum atomic E-state index is 9.27. The van der Waals surface area contributed by atoms with Crippen LogP contribution in [-0.2, 0) is 9.47 Å². The van der Waals surface area contributed by atoms with Crippen LogP contribution in [0.15, 0.2) is 0 Å². The molecule has 0 heterocycles. The SMILES string of the molecule is CCC(CCCCOC(C)(C)O)OC. The zero-order valence-corrected chi connectivity index (χ0v) is 9.88. The topological polar surface area (TPSA) is 38.7 Å². The molecule has 0 aliphatic heterocycles. The van der Waals surface area contributed by atoms with Crippen molar-refractivity contribution in [1.82, 2.24) is 0 Å². The van der Waals surface area contributed by atoms with E-state index in [1.807, 2.05) is 0 Å². The van der Waals surface area contributed by atoms with E-state index in [1.165, 1.54) is 0 Å². The van der Waals surface area contributed by atoms with E-state index in [-0.39, 0.29) is 0 Å². The van der Waals surface area contributed by atoms with Crippen LogP contribution >= 0.6 is 0 Å². The van der Waals surface area contributed by atoms with Gasteiger partial charge in [-0.3, -0.25) is 0 Å². The lowest BCUT2D eigenvalue weighted by Gasteiger charge is -2.18. The van der Waals surface area contributed by atoms with Crippen molar-refractivity contribution < 1.29 is 14.6 Å². The minimum absolute atomic E-state index is 0.372. The first-order valence-electron chi connectivity index (χ1n) is 5.38. The molecule has 1 unspecified atom stereocenters. The molecule has 0 aromatic heterocycles. The largest absolute Gasteiger partial charge is 0.381 e. The molecule has 0 rings (SSSR count). The average molecular weight is 204 g/mol. The number of methoxy groups -OCH3 is 1. The molecule has 0 saturated carbocycles. The summed E-state index contributed by atoms with van der Waals surface area (Å²) in [6.07, 6.45) is 4.56. The average Bonchev–Trinajstić information content (AvgIpc) is 2.09. The molecule has 0 aromatic rings. The predicted octanol–water partition coefficient (Wildman–Crippen LogP) is 2.33. The van der Waals surface area contributed by atoms with Gasteiger partial charge in [-0.05, 0) is 39.5 Å². The normalized spacial score (nSPS) is 14.4. The fourth-order valence-corrected chi connectivity index (χ4v) is 1.28. The fourth-order valence-electron chi connectivity index (χ4n) is 1.28. The third-order valence-corrected chi connectivity index (χ3v) is 2.16. The Hall–Kier alpha value is -0.120. The zero-order valence-electron chi connectivity index (χ0n) is 9.88. The monoisotopic (exact) mass is 204 g/mol. The standard InChI is InChI=1S/C11H24O3/c1-5-10(13-4)8-6-7-9-14-11(2,3)12/h10,12H,5-9H2,1-4H3. The lowest BCUT2D eigenvalue weighted by molar-refractivity contribution is -0.176. The number of hydrogen-bond acceptors (Lipinski definition) is 3. The van der Waals surface area contributed by atoms with Crippen LogP contribution in [0.25, 0.3) is 0 Å². The maximum Gasteiger partial charge on any atom is 0.159 e. The van der Waals surface area contributed by atoms with Gasteiger partial charge in [0.15, 0.2) is 5.79 Å². The molecule has 0 bridgehead atoms. The van der Waals surface area contributed by atoms with Crippen molar-refractivity contribution in [2.24, 2.45) is 0 Å². The van der Waals surface area contributed by atoms with Crippen molar-refractivity contribution in [3.05, 3.63) is 0 Å². The lowest BCUT2D eigenvalue weighted by atomic mass is 10.1. The highest BCUT2D eigenvalue weighted by Gasteiger charge is 2.11. The number of unbranched alkanes of at least 4 members (excludes halogenated alkanes) is 1. The fraction of sp³-hybridized carbons (Fsp3) is 1.00. The van der Waals surface area contributed by atoms with Crippen LogP contribution in [-0.4, -0.2) is 30.7 Å². The smallest absolute Gasteiger partial charge is 0.159 e. The van der Waals surface area contributed by atoms with Gasteiger partial charge in [-0.1, -0.05) is 6.92 Å². The summed E-state index contributed by atoms with van der Waals surface area (Å²) in [5.74, 6) is -0.995. The highest BCUT2D eigenvalue weighted by Crippen LogP contribution is 2.09. The minimum Gasteiger partial charge on any atom is -0.381 e. The maximum absolute atomic E-state index is 9.27. The van der Waals surface area contributed by atoms with Gasteiger partial charge in [0, 0.05) is 13.7 Å². The van der Waals surface area contributed by atoms with Gasteiger partial charge in [0.25, 0.3) is 0 Å². The van der Waals surface area contributed by atoms with Crippen molar-refractivity contribution in [1.29, 1.82) is 0 Å². The van der Waals surface area contributed by atoms with E-state index in [1.54, 1.807) is 21.0 Å². The van der Waals surface area contributed by atoms with Crippen LogP contribution in [0.3, 0.4) is 0 Å². The van der Waals surface area contributed by atoms with Gasteiger partial charge in [-0.25, -0.2) is 0 Å². The van der Waals surface area contributed by atoms with Crippen molar-refractivity contribution >= 4 is 0 Å². The van der Waals surface area contributed by atoms with Crippen LogP contribution in [0.2, 0.25) is 0 Å². The van der Waals surface area contributed by atoms with Gasteiger partial charge in [0.1, 0.15) is 0 Å². The Labute approximate surface area is 87.4 Å². The van der Waals surface area contributed by atoms with Gasteiger partial charge in [-0.2, -0.15) is 0 Å². The number of aliphatic hydroxyl groups is 1. The lowest BCUT2D eigenvalue weighted by Crippen LogP contribution is -2.23. The van der Waals surface area contributed by atoms with E-state index >= 15 is 0 Å². The van der Waals surface area contributed by atoms with E-state index in [4.69, 9.17) is 9.47 Å². The Morgan fingerprint density at radius 1 is 1.29 bits per heavy atom. The van der Waals surface area contributed by atoms with Crippen molar-refractivity contribution in [2.45, 2.75) is 58.3 Å². The van der Waals surface area contributed by atoms with E-state index in [9.17, 15) is 5.11 Å². The Balaban J connectivity index is 3.29. The molecule has 0 radical (unpaired) electrons.